The average molecular weight is 239 g/mol. The van der Waals surface area contributed by atoms with E-state index in [9.17, 15) is 4.79 Å². The number of piperazine rings is 1. The molecule has 0 spiro atoms. The van der Waals surface area contributed by atoms with Crippen LogP contribution < -0.4 is 10.6 Å². The molecular formula is C13H25N3O. The van der Waals surface area contributed by atoms with Gasteiger partial charge in [0.1, 0.15) is 0 Å². The maximum Gasteiger partial charge on any atom is 0.222 e. The number of nitrogens with one attached hydrogen (secondary N) is 2. The third-order valence-electron chi connectivity index (χ3n) is 4.11. The summed E-state index contributed by atoms with van der Waals surface area (Å²) in [5, 5.41) is 6.72. The topological polar surface area (TPSA) is 44.4 Å². The van der Waals surface area contributed by atoms with Crippen molar-refractivity contribution in [3.63, 3.8) is 0 Å². The minimum absolute atomic E-state index is 0.351. The first kappa shape index (κ1) is 12.8. The van der Waals surface area contributed by atoms with Crippen molar-refractivity contribution in [2.75, 3.05) is 39.3 Å². The van der Waals surface area contributed by atoms with E-state index in [-0.39, 0.29) is 0 Å². The Labute approximate surface area is 104 Å². The molecule has 0 saturated carbocycles. The van der Waals surface area contributed by atoms with Crippen LogP contribution in [0.15, 0.2) is 0 Å². The van der Waals surface area contributed by atoms with Crippen LogP contribution in [0.3, 0.4) is 0 Å². The zero-order chi connectivity index (χ0) is 12.1. The van der Waals surface area contributed by atoms with Crippen LogP contribution in [0.1, 0.15) is 26.2 Å². The monoisotopic (exact) mass is 239 g/mol. The molecule has 4 heteroatoms. The molecule has 2 atom stereocenters. The van der Waals surface area contributed by atoms with Crippen LogP contribution in [-0.2, 0) is 4.79 Å². The van der Waals surface area contributed by atoms with Crippen molar-refractivity contribution in [2.24, 2.45) is 11.8 Å². The Kier molecular flexibility index (Phi) is 4.80. The van der Waals surface area contributed by atoms with Crippen LogP contribution in [0.25, 0.3) is 0 Å². The Morgan fingerprint density at radius 2 is 2.06 bits per heavy atom. The first-order chi connectivity index (χ1) is 8.27. The second-order valence-corrected chi connectivity index (χ2v) is 5.42. The predicted molar refractivity (Wildman–Crippen MR) is 68.8 cm³/mol. The van der Waals surface area contributed by atoms with Gasteiger partial charge < -0.3 is 15.5 Å². The van der Waals surface area contributed by atoms with E-state index in [2.05, 4.69) is 17.6 Å². The Bertz CT molecular complexity index is 245. The van der Waals surface area contributed by atoms with Gasteiger partial charge in [0, 0.05) is 32.6 Å². The number of rotatable bonds is 3. The minimum atomic E-state index is 0.351. The predicted octanol–water partition coefficient (Wildman–Crippen LogP) is 0.444. The molecule has 0 radical (unpaired) electrons. The lowest BCUT2D eigenvalue weighted by molar-refractivity contribution is -0.133. The number of carbonyl (C=O) groups is 1. The fraction of sp³-hybridized carbons (Fsp3) is 0.923. The molecular weight excluding hydrogens is 214 g/mol. The van der Waals surface area contributed by atoms with Crippen molar-refractivity contribution >= 4 is 5.91 Å². The van der Waals surface area contributed by atoms with E-state index in [1.807, 2.05) is 4.90 Å². The van der Waals surface area contributed by atoms with Gasteiger partial charge in [0.25, 0.3) is 0 Å². The molecule has 1 amide bonds. The van der Waals surface area contributed by atoms with Gasteiger partial charge in [-0.1, -0.05) is 6.92 Å². The highest BCUT2D eigenvalue weighted by atomic mass is 16.2. The number of nitrogens with zero attached hydrogens (tertiary/aromatic N) is 1. The minimum Gasteiger partial charge on any atom is -0.340 e. The molecule has 2 unspecified atom stereocenters. The second kappa shape index (κ2) is 6.36. The Morgan fingerprint density at radius 1 is 1.29 bits per heavy atom. The van der Waals surface area contributed by atoms with Crippen LogP contribution in [0.2, 0.25) is 0 Å². The lowest BCUT2D eigenvalue weighted by Gasteiger charge is -2.32. The molecule has 2 heterocycles. The first-order valence-corrected chi connectivity index (χ1v) is 6.96. The quantitative estimate of drug-likeness (QED) is 0.751. The third-order valence-corrected chi connectivity index (χ3v) is 4.11. The van der Waals surface area contributed by atoms with Gasteiger partial charge in [-0.15, -0.1) is 0 Å². The first-order valence-electron chi connectivity index (χ1n) is 6.96. The summed E-state index contributed by atoms with van der Waals surface area (Å²) in [5.41, 5.74) is 0. The van der Waals surface area contributed by atoms with E-state index in [0.29, 0.717) is 17.7 Å². The Morgan fingerprint density at radius 3 is 2.71 bits per heavy atom. The fourth-order valence-electron chi connectivity index (χ4n) is 2.85. The van der Waals surface area contributed by atoms with Crippen molar-refractivity contribution in [3.05, 3.63) is 0 Å². The zero-order valence-electron chi connectivity index (χ0n) is 10.9. The molecule has 2 aliphatic heterocycles. The summed E-state index contributed by atoms with van der Waals surface area (Å²) in [5.74, 6) is 1.56. The Hall–Kier alpha value is -0.610. The second-order valence-electron chi connectivity index (χ2n) is 5.42. The van der Waals surface area contributed by atoms with Crippen LogP contribution in [0.4, 0.5) is 0 Å². The van der Waals surface area contributed by atoms with Gasteiger partial charge in [0.15, 0.2) is 0 Å². The molecule has 2 saturated heterocycles. The van der Waals surface area contributed by atoms with Crippen LogP contribution >= 0.6 is 0 Å². The summed E-state index contributed by atoms with van der Waals surface area (Å²) in [6.07, 6.45) is 3.27. The number of hydrogen-bond donors (Lipinski definition) is 2. The summed E-state index contributed by atoms with van der Waals surface area (Å²) in [6.45, 7) is 8.14. The number of amides is 1. The van der Waals surface area contributed by atoms with Crippen molar-refractivity contribution in [2.45, 2.75) is 26.2 Å². The smallest absolute Gasteiger partial charge is 0.222 e. The van der Waals surface area contributed by atoms with Crippen molar-refractivity contribution in [1.29, 1.82) is 0 Å². The van der Waals surface area contributed by atoms with E-state index in [1.165, 1.54) is 12.8 Å². The van der Waals surface area contributed by atoms with Gasteiger partial charge in [-0.25, -0.2) is 0 Å². The van der Waals surface area contributed by atoms with Gasteiger partial charge in [0.2, 0.25) is 5.91 Å². The average Bonchev–Trinajstić information content (AvgIpc) is 2.40. The van der Waals surface area contributed by atoms with Gasteiger partial charge in [0.05, 0.1) is 0 Å². The van der Waals surface area contributed by atoms with Gasteiger partial charge in [-0.3, -0.25) is 4.79 Å². The zero-order valence-corrected chi connectivity index (χ0v) is 10.9. The maximum atomic E-state index is 12.1. The molecule has 2 N–H and O–H groups in total. The van der Waals surface area contributed by atoms with Crippen LogP contribution in [0.5, 0.6) is 0 Å². The number of piperidine rings is 1. The lowest BCUT2D eigenvalue weighted by atomic mass is 9.85. The summed E-state index contributed by atoms with van der Waals surface area (Å²) < 4.78 is 0. The highest BCUT2D eigenvalue weighted by Crippen LogP contribution is 2.23. The molecule has 2 rings (SSSR count). The largest absolute Gasteiger partial charge is 0.340 e. The summed E-state index contributed by atoms with van der Waals surface area (Å²) >= 11 is 0. The molecule has 0 aromatic heterocycles. The van der Waals surface area contributed by atoms with E-state index >= 15 is 0 Å². The summed E-state index contributed by atoms with van der Waals surface area (Å²) in [6, 6.07) is 0. The van der Waals surface area contributed by atoms with Gasteiger partial charge >= 0.3 is 0 Å². The Balaban J connectivity index is 1.76. The van der Waals surface area contributed by atoms with Crippen LogP contribution in [-0.4, -0.2) is 50.1 Å². The summed E-state index contributed by atoms with van der Waals surface area (Å²) in [7, 11) is 0. The molecule has 2 aliphatic rings. The maximum absolute atomic E-state index is 12.1. The fourth-order valence-corrected chi connectivity index (χ4v) is 2.85. The van der Waals surface area contributed by atoms with E-state index in [4.69, 9.17) is 0 Å². The lowest BCUT2D eigenvalue weighted by Crippen LogP contribution is -2.47. The molecule has 0 bridgehead atoms. The van der Waals surface area contributed by atoms with E-state index in [1.54, 1.807) is 0 Å². The SMILES string of the molecule is CC(CC(=O)N1CCNCC1)C1CCCNC1. The summed E-state index contributed by atoms with van der Waals surface area (Å²) in [4.78, 5) is 14.1. The highest BCUT2D eigenvalue weighted by Gasteiger charge is 2.24. The molecule has 98 valence electrons. The molecule has 0 aromatic carbocycles. The van der Waals surface area contributed by atoms with Gasteiger partial charge in [-0.2, -0.15) is 0 Å². The standard InChI is InChI=1S/C13H25N3O/c1-11(12-3-2-4-15-10-12)9-13(17)16-7-5-14-6-8-16/h11-12,14-15H,2-10H2,1H3. The van der Waals surface area contributed by atoms with E-state index < -0.39 is 0 Å². The molecule has 2 fully saturated rings. The molecule has 17 heavy (non-hydrogen) atoms. The number of hydrogen-bond acceptors (Lipinski definition) is 3. The number of carbonyl (C=O) groups excluding carboxylic acids is 1. The normalized spacial score (nSPS) is 27.8. The van der Waals surface area contributed by atoms with E-state index in [0.717, 1.165) is 45.7 Å². The van der Waals surface area contributed by atoms with Crippen molar-refractivity contribution in [1.82, 2.24) is 15.5 Å². The molecule has 4 nitrogen and oxygen atoms in total. The third kappa shape index (κ3) is 3.68. The van der Waals surface area contributed by atoms with Crippen molar-refractivity contribution in [3.8, 4) is 0 Å². The molecule has 0 aliphatic carbocycles. The van der Waals surface area contributed by atoms with Gasteiger partial charge in [-0.05, 0) is 37.8 Å². The van der Waals surface area contributed by atoms with Crippen molar-refractivity contribution < 1.29 is 4.79 Å². The molecule has 0 aromatic rings. The highest BCUT2D eigenvalue weighted by molar-refractivity contribution is 5.76. The van der Waals surface area contributed by atoms with Crippen LogP contribution in [0, 0.1) is 11.8 Å².